The van der Waals surface area contributed by atoms with Crippen molar-refractivity contribution in [2.75, 3.05) is 36.0 Å². The molecule has 0 spiro atoms. The average Bonchev–Trinajstić information content (AvgIpc) is 3.53. The van der Waals surface area contributed by atoms with E-state index in [9.17, 15) is 14.4 Å². The summed E-state index contributed by atoms with van der Waals surface area (Å²) in [6.45, 7) is 2.36. The molecule has 2 saturated heterocycles. The van der Waals surface area contributed by atoms with E-state index in [-0.39, 0.29) is 29.6 Å². The highest BCUT2D eigenvalue weighted by molar-refractivity contribution is 6.34. The van der Waals surface area contributed by atoms with Crippen LogP contribution in [0.25, 0.3) is 0 Å². The van der Waals surface area contributed by atoms with E-state index in [4.69, 9.17) is 23.2 Å². The van der Waals surface area contributed by atoms with Gasteiger partial charge in [-0.1, -0.05) is 35.3 Å². The number of imide groups is 1. The van der Waals surface area contributed by atoms with Gasteiger partial charge < -0.3 is 9.80 Å². The molecule has 3 amide bonds. The Kier molecular flexibility index (Phi) is 5.34. The number of anilines is 2. The van der Waals surface area contributed by atoms with E-state index >= 15 is 0 Å². The van der Waals surface area contributed by atoms with Crippen molar-refractivity contribution in [3.63, 3.8) is 0 Å². The van der Waals surface area contributed by atoms with Gasteiger partial charge in [-0.15, -0.1) is 0 Å². The minimum atomic E-state index is -0.195. The quantitative estimate of drug-likeness (QED) is 0.586. The van der Waals surface area contributed by atoms with Crippen molar-refractivity contribution in [1.29, 1.82) is 0 Å². The molecule has 2 heterocycles. The number of benzene rings is 2. The van der Waals surface area contributed by atoms with Crippen LogP contribution in [-0.2, 0) is 9.59 Å². The Morgan fingerprint density at radius 2 is 1.47 bits per heavy atom. The maximum atomic E-state index is 13.4. The predicted octanol–water partition coefficient (Wildman–Crippen LogP) is 4.49. The summed E-state index contributed by atoms with van der Waals surface area (Å²) in [4.78, 5) is 45.0. The number of carbonyl (C=O) groups excluding carboxylic acids is 3. The molecule has 2 aliphatic heterocycles. The minimum Gasteiger partial charge on any atom is -0.367 e. The van der Waals surface area contributed by atoms with E-state index in [2.05, 4.69) is 4.90 Å². The highest BCUT2D eigenvalue weighted by atomic mass is 35.5. The Morgan fingerprint density at radius 1 is 0.824 bits per heavy atom. The van der Waals surface area contributed by atoms with Gasteiger partial charge in [-0.05, 0) is 61.4 Å². The van der Waals surface area contributed by atoms with Crippen LogP contribution in [0.2, 0.25) is 10.0 Å². The van der Waals surface area contributed by atoms with E-state index in [1.54, 1.807) is 23.1 Å². The second-order valence-corrected chi connectivity index (χ2v) is 10.6. The van der Waals surface area contributed by atoms with Gasteiger partial charge in [0, 0.05) is 26.2 Å². The number of para-hydroxylation sites is 1. The number of piperazine rings is 1. The molecule has 8 heteroatoms. The molecule has 2 aliphatic carbocycles. The van der Waals surface area contributed by atoms with Crippen molar-refractivity contribution in [3.8, 4) is 0 Å². The Morgan fingerprint density at radius 3 is 2.12 bits per heavy atom. The van der Waals surface area contributed by atoms with Crippen LogP contribution in [0.4, 0.5) is 11.4 Å². The van der Waals surface area contributed by atoms with Crippen LogP contribution in [0.15, 0.2) is 42.5 Å². The number of amides is 3. The molecule has 6 nitrogen and oxygen atoms in total. The van der Waals surface area contributed by atoms with Crippen LogP contribution in [0.1, 0.15) is 29.6 Å². The van der Waals surface area contributed by atoms with Crippen LogP contribution in [0.3, 0.4) is 0 Å². The lowest BCUT2D eigenvalue weighted by atomic mass is 9.81. The molecule has 176 valence electrons. The largest absolute Gasteiger partial charge is 0.367 e. The molecule has 0 aromatic heterocycles. The van der Waals surface area contributed by atoms with Crippen LogP contribution < -0.4 is 9.80 Å². The van der Waals surface area contributed by atoms with Gasteiger partial charge in [0.2, 0.25) is 11.8 Å². The third-order valence-corrected chi connectivity index (χ3v) is 8.78. The summed E-state index contributed by atoms with van der Waals surface area (Å²) in [6.07, 6.45) is 3.05. The molecule has 4 aliphatic rings. The Labute approximate surface area is 208 Å². The number of halogens is 2. The molecular formula is C26H25Cl2N3O3. The topological polar surface area (TPSA) is 60.9 Å². The van der Waals surface area contributed by atoms with Crippen LogP contribution >= 0.6 is 23.2 Å². The second-order valence-electron chi connectivity index (χ2n) is 9.79. The summed E-state index contributed by atoms with van der Waals surface area (Å²) in [6, 6.07) is 12.6. The van der Waals surface area contributed by atoms with Gasteiger partial charge in [-0.2, -0.15) is 0 Å². The molecule has 4 fully saturated rings. The monoisotopic (exact) mass is 497 g/mol. The molecule has 6 rings (SSSR count). The van der Waals surface area contributed by atoms with Crippen molar-refractivity contribution in [1.82, 2.24) is 4.90 Å². The van der Waals surface area contributed by atoms with E-state index < -0.39 is 0 Å². The minimum absolute atomic E-state index is 0.115. The molecule has 0 radical (unpaired) electrons. The van der Waals surface area contributed by atoms with Gasteiger partial charge in [0.1, 0.15) is 0 Å². The summed E-state index contributed by atoms with van der Waals surface area (Å²) in [5, 5.41) is 1.01. The van der Waals surface area contributed by atoms with Crippen molar-refractivity contribution < 1.29 is 14.4 Å². The van der Waals surface area contributed by atoms with Crippen molar-refractivity contribution in [2.45, 2.75) is 19.3 Å². The van der Waals surface area contributed by atoms with Crippen LogP contribution in [-0.4, -0.2) is 48.8 Å². The maximum absolute atomic E-state index is 13.4. The van der Waals surface area contributed by atoms with Crippen molar-refractivity contribution >= 4 is 52.3 Å². The molecule has 2 aromatic carbocycles. The Hall–Kier alpha value is -2.57. The second kappa shape index (κ2) is 8.28. The highest BCUT2D eigenvalue weighted by Crippen LogP contribution is 2.56. The first-order valence-corrected chi connectivity index (χ1v) is 12.7. The number of hydrogen-bond acceptors (Lipinski definition) is 4. The zero-order chi connectivity index (χ0) is 23.6. The standard InChI is InChI=1S/C26H25Cl2N3O3/c27-19-8-7-17(31-25(33)22-15-5-6-16(13-15)23(22)26(31)34)14-18(19)24(32)30-11-9-29(10-12-30)21-4-2-1-3-20(21)28/h1-4,7-8,14-16,22-23H,5-6,9-13H2. The van der Waals surface area contributed by atoms with Crippen LogP contribution in [0.5, 0.6) is 0 Å². The van der Waals surface area contributed by atoms with Crippen molar-refractivity contribution in [3.05, 3.63) is 58.1 Å². The molecule has 2 bridgehead atoms. The normalized spacial score (nSPS) is 28.1. The molecular weight excluding hydrogens is 473 g/mol. The number of fused-ring (bicyclic) bond motifs is 5. The first-order valence-electron chi connectivity index (χ1n) is 11.9. The summed E-state index contributed by atoms with van der Waals surface area (Å²) >= 11 is 12.8. The maximum Gasteiger partial charge on any atom is 0.255 e. The third kappa shape index (κ3) is 3.34. The fourth-order valence-corrected chi connectivity index (χ4v) is 6.96. The summed E-state index contributed by atoms with van der Waals surface area (Å²) in [7, 11) is 0. The zero-order valence-electron chi connectivity index (χ0n) is 18.6. The van der Waals surface area contributed by atoms with E-state index in [1.165, 1.54) is 4.90 Å². The molecule has 34 heavy (non-hydrogen) atoms. The fourth-order valence-electron chi connectivity index (χ4n) is 6.51. The van der Waals surface area contributed by atoms with E-state index in [0.717, 1.165) is 24.9 Å². The zero-order valence-corrected chi connectivity index (χ0v) is 20.1. The SMILES string of the molecule is O=C(c1cc(N2C(=O)C3C4CCC(C4)C3C2=O)ccc1Cl)N1CCN(c2ccccc2Cl)CC1. The van der Waals surface area contributed by atoms with Gasteiger partial charge in [0.05, 0.1) is 38.8 Å². The van der Waals surface area contributed by atoms with Crippen molar-refractivity contribution in [2.24, 2.45) is 23.7 Å². The fraction of sp³-hybridized carbons (Fsp3) is 0.423. The number of hydrogen-bond donors (Lipinski definition) is 0. The number of rotatable bonds is 3. The van der Waals surface area contributed by atoms with Gasteiger partial charge in [-0.25, -0.2) is 0 Å². The van der Waals surface area contributed by atoms with E-state index in [0.29, 0.717) is 59.3 Å². The van der Waals surface area contributed by atoms with E-state index in [1.807, 2.05) is 24.3 Å². The van der Waals surface area contributed by atoms with Gasteiger partial charge in [0.15, 0.2) is 0 Å². The predicted molar refractivity (Wildman–Crippen MR) is 131 cm³/mol. The first-order chi connectivity index (χ1) is 16.4. The summed E-state index contributed by atoms with van der Waals surface area (Å²) < 4.78 is 0. The first kappa shape index (κ1) is 21.9. The third-order valence-electron chi connectivity index (χ3n) is 8.13. The lowest BCUT2D eigenvalue weighted by Crippen LogP contribution is -2.49. The molecule has 2 saturated carbocycles. The Balaban J connectivity index is 1.21. The molecule has 0 N–H and O–H groups in total. The van der Waals surface area contributed by atoms with Gasteiger partial charge >= 0.3 is 0 Å². The summed E-state index contributed by atoms with van der Waals surface area (Å²) in [5.41, 5.74) is 1.74. The smallest absolute Gasteiger partial charge is 0.255 e. The van der Waals surface area contributed by atoms with Gasteiger partial charge in [0.25, 0.3) is 5.91 Å². The van der Waals surface area contributed by atoms with Gasteiger partial charge in [-0.3, -0.25) is 19.3 Å². The molecule has 2 aromatic rings. The molecule has 4 unspecified atom stereocenters. The highest BCUT2D eigenvalue weighted by Gasteiger charge is 2.61. The average molecular weight is 498 g/mol. The lowest BCUT2D eigenvalue weighted by molar-refractivity contribution is -0.123. The Bertz CT molecular complexity index is 1170. The number of carbonyl (C=O) groups is 3. The number of nitrogens with zero attached hydrogens (tertiary/aromatic N) is 3. The summed E-state index contributed by atoms with van der Waals surface area (Å²) in [5.74, 6) is -0.172. The lowest BCUT2D eigenvalue weighted by Gasteiger charge is -2.36. The molecule has 4 atom stereocenters. The van der Waals surface area contributed by atoms with Crippen LogP contribution in [0, 0.1) is 23.7 Å².